The molecule has 4 N–H and O–H groups in total. The van der Waals surface area contributed by atoms with Crippen LogP contribution < -0.4 is 16.4 Å². The Bertz CT molecular complexity index is 553. The van der Waals surface area contributed by atoms with Crippen LogP contribution in [0.25, 0.3) is 0 Å². The standard InChI is InChI=1S/C11H13Cl2N5.ClH/c1-11(2)17-9(14)16-10(15)18(11)8-5-6(12)3-4-7(8)13;/h3-5H,1-2H3,(H4,14,15,16,17);1H. The fraction of sp³-hybridized carbons (Fsp3) is 0.273. The molecule has 0 saturated carbocycles. The first-order chi connectivity index (χ1) is 8.31. The minimum Gasteiger partial charge on any atom is -0.369 e. The van der Waals surface area contributed by atoms with Crippen molar-refractivity contribution in [3.8, 4) is 0 Å². The second-order valence-electron chi connectivity index (χ2n) is 4.37. The zero-order chi connectivity index (χ0) is 13.5. The normalized spacial score (nSPS) is 17.4. The summed E-state index contributed by atoms with van der Waals surface area (Å²) in [6.45, 7) is 3.72. The van der Waals surface area contributed by atoms with Crippen LogP contribution in [0.15, 0.2) is 28.2 Å². The molecule has 0 aliphatic carbocycles. The van der Waals surface area contributed by atoms with Crippen LogP contribution in [-0.4, -0.2) is 17.6 Å². The van der Waals surface area contributed by atoms with E-state index in [-0.39, 0.29) is 24.3 Å². The third kappa shape index (κ3) is 3.05. The van der Waals surface area contributed by atoms with Gasteiger partial charge in [0.15, 0.2) is 0 Å². The summed E-state index contributed by atoms with van der Waals surface area (Å²) in [5.41, 5.74) is 11.5. The first-order valence-corrected chi connectivity index (χ1v) is 6.01. The summed E-state index contributed by atoms with van der Waals surface area (Å²) < 4.78 is 0. The lowest BCUT2D eigenvalue weighted by Gasteiger charge is -2.38. The molecule has 0 saturated heterocycles. The Morgan fingerprint density at radius 1 is 1.21 bits per heavy atom. The fourth-order valence-electron chi connectivity index (χ4n) is 1.88. The second-order valence-corrected chi connectivity index (χ2v) is 5.21. The summed E-state index contributed by atoms with van der Waals surface area (Å²) in [5, 5.41) is 1.07. The second kappa shape index (κ2) is 5.45. The van der Waals surface area contributed by atoms with Gasteiger partial charge in [-0.25, -0.2) is 4.99 Å². The molecule has 1 aromatic rings. The monoisotopic (exact) mass is 321 g/mol. The minimum atomic E-state index is -0.676. The largest absolute Gasteiger partial charge is 0.369 e. The van der Waals surface area contributed by atoms with Crippen molar-refractivity contribution >= 4 is 53.2 Å². The van der Waals surface area contributed by atoms with Gasteiger partial charge in [0.05, 0.1) is 10.7 Å². The van der Waals surface area contributed by atoms with Crippen molar-refractivity contribution in [2.45, 2.75) is 19.5 Å². The van der Waals surface area contributed by atoms with Gasteiger partial charge >= 0.3 is 0 Å². The van der Waals surface area contributed by atoms with Gasteiger partial charge in [-0.05, 0) is 32.0 Å². The van der Waals surface area contributed by atoms with E-state index < -0.39 is 5.66 Å². The lowest BCUT2D eigenvalue weighted by molar-refractivity contribution is 0.534. The molecule has 0 aromatic heterocycles. The predicted molar refractivity (Wildman–Crippen MR) is 83.5 cm³/mol. The molecule has 1 aliphatic rings. The number of hydrogen-bond donors (Lipinski definition) is 2. The van der Waals surface area contributed by atoms with Crippen molar-refractivity contribution in [1.82, 2.24) is 0 Å². The van der Waals surface area contributed by atoms with Crippen molar-refractivity contribution in [1.29, 1.82) is 0 Å². The van der Waals surface area contributed by atoms with E-state index in [1.54, 1.807) is 23.1 Å². The maximum Gasteiger partial charge on any atom is 0.220 e. The number of hydrogen-bond acceptors (Lipinski definition) is 5. The van der Waals surface area contributed by atoms with Crippen molar-refractivity contribution in [3.05, 3.63) is 28.2 Å². The molecule has 2 rings (SSSR count). The Morgan fingerprint density at radius 3 is 2.42 bits per heavy atom. The van der Waals surface area contributed by atoms with E-state index in [4.69, 9.17) is 34.7 Å². The first kappa shape index (κ1) is 15.9. The average Bonchev–Trinajstić information content (AvgIpc) is 2.20. The Labute approximate surface area is 127 Å². The molecule has 0 spiro atoms. The smallest absolute Gasteiger partial charge is 0.220 e. The molecule has 1 aliphatic heterocycles. The number of anilines is 1. The van der Waals surface area contributed by atoms with E-state index in [9.17, 15) is 0 Å². The van der Waals surface area contributed by atoms with Gasteiger partial charge in [-0.2, -0.15) is 4.99 Å². The van der Waals surface area contributed by atoms with Gasteiger partial charge in [-0.15, -0.1) is 12.4 Å². The molecule has 1 aromatic carbocycles. The molecule has 0 atom stereocenters. The van der Waals surface area contributed by atoms with Crippen LogP contribution in [-0.2, 0) is 0 Å². The molecule has 0 fully saturated rings. The molecule has 19 heavy (non-hydrogen) atoms. The van der Waals surface area contributed by atoms with E-state index in [0.29, 0.717) is 15.7 Å². The molecule has 8 heteroatoms. The Balaban J connectivity index is 0.00000180. The van der Waals surface area contributed by atoms with Crippen molar-refractivity contribution in [3.63, 3.8) is 0 Å². The van der Waals surface area contributed by atoms with Crippen LogP contribution >= 0.6 is 35.6 Å². The van der Waals surface area contributed by atoms with Gasteiger partial charge in [0.1, 0.15) is 5.66 Å². The van der Waals surface area contributed by atoms with Gasteiger partial charge in [0, 0.05) is 5.02 Å². The minimum absolute atomic E-state index is 0. The highest BCUT2D eigenvalue weighted by atomic mass is 35.5. The highest BCUT2D eigenvalue weighted by Crippen LogP contribution is 2.34. The summed E-state index contributed by atoms with van der Waals surface area (Å²) in [6, 6.07) is 5.12. The van der Waals surface area contributed by atoms with Crippen LogP contribution in [0.2, 0.25) is 10.0 Å². The molecule has 104 valence electrons. The zero-order valence-electron chi connectivity index (χ0n) is 10.4. The molecular weight excluding hydrogens is 309 g/mol. The quantitative estimate of drug-likeness (QED) is 0.834. The Morgan fingerprint density at radius 2 is 1.84 bits per heavy atom. The third-order valence-electron chi connectivity index (χ3n) is 2.54. The molecule has 1 heterocycles. The van der Waals surface area contributed by atoms with E-state index >= 15 is 0 Å². The lowest BCUT2D eigenvalue weighted by Crippen LogP contribution is -2.54. The highest BCUT2D eigenvalue weighted by molar-refractivity contribution is 6.36. The Hall–Kier alpha value is -1.17. The number of rotatable bonds is 1. The van der Waals surface area contributed by atoms with Crippen LogP contribution in [0.3, 0.4) is 0 Å². The van der Waals surface area contributed by atoms with Crippen LogP contribution in [0, 0.1) is 0 Å². The van der Waals surface area contributed by atoms with Gasteiger partial charge < -0.3 is 11.5 Å². The lowest BCUT2D eigenvalue weighted by atomic mass is 10.1. The molecule has 0 bridgehead atoms. The average molecular weight is 323 g/mol. The van der Waals surface area contributed by atoms with Gasteiger partial charge in [0.25, 0.3) is 0 Å². The number of benzene rings is 1. The summed E-state index contributed by atoms with van der Waals surface area (Å²) in [4.78, 5) is 9.89. The topological polar surface area (TPSA) is 80.0 Å². The zero-order valence-corrected chi connectivity index (χ0v) is 12.7. The number of aliphatic imine (C=N–C) groups is 2. The highest BCUT2D eigenvalue weighted by Gasteiger charge is 2.34. The van der Waals surface area contributed by atoms with E-state index in [2.05, 4.69) is 9.98 Å². The summed E-state index contributed by atoms with van der Waals surface area (Å²) in [7, 11) is 0. The first-order valence-electron chi connectivity index (χ1n) is 5.26. The van der Waals surface area contributed by atoms with Crippen LogP contribution in [0.1, 0.15) is 13.8 Å². The molecule has 0 unspecified atom stereocenters. The molecule has 0 amide bonds. The maximum absolute atomic E-state index is 6.17. The third-order valence-corrected chi connectivity index (χ3v) is 3.10. The predicted octanol–water partition coefficient (Wildman–Crippen LogP) is 2.60. The van der Waals surface area contributed by atoms with E-state index in [0.717, 1.165) is 0 Å². The van der Waals surface area contributed by atoms with Crippen LogP contribution in [0.5, 0.6) is 0 Å². The fourth-order valence-corrected chi connectivity index (χ4v) is 2.25. The molecule has 0 radical (unpaired) electrons. The molecular formula is C11H14Cl3N5. The summed E-state index contributed by atoms with van der Waals surface area (Å²) in [5.74, 6) is 0.378. The van der Waals surface area contributed by atoms with Crippen molar-refractivity contribution < 1.29 is 0 Å². The van der Waals surface area contributed by atoms with Crippen LogP contribution in [0.4, 0.5) is 5.69 Å². The Kier molecular flexibility index (Phi) is 4.55. The van der Waals surface area contributed by atoms with Gasteiger partial charge in [-0.1, -0.05) is 23.2 Å². The number of nitrogens with zero attached hydrogens (tertiary/aromatic N) is 3. The molecule has 5 nitrogen and oxygen atoms in total. The SMILES string of the molecule is CC1(C)N=C(N)N=C(N)N1c1cc(Cl)ccc1Cl.Cl. The maximum atomic E-state index is 6.17. The van der Waals surface area contributed by atoms with Gasteiger partial charge in [-0.3, -0.25) is 4.90 Å². The van der Waals surface area contributed by atoms with Gasteiger partial charge in [0.2, 0.25) is 11.9 Å². The van der Waals surface area contributed by atoms with Crippen molar-refractivity contribution in [2.75, 3.05) is 4.90 Å². The summed E-state index contributed by atoms with van der Waals surface area (Å²) >= 11 is 12.1. The number of nitrogens with two attached hydrogens (primary N) is 2. The number of guanidine groups is 2. The van der Waals surface area contributed by atoms with E-state index in [1.807, 2.05) is 13.8 Å². The summed E-state index contributed by atoms with van der Waals surface area (Å²) in [6.07, 6.45) is 0. The number of halogens is 3. The van der Waals surface area contributed by atoms with Crippen molar-refractivity contribution in [2.24, 2.45) is 21.5 Å². The van der Waals surface area contributed by atoms with E-state index in [1.165, 1.54) is 0 Å².